The summed E-state index contributed by atoms with van der Waals surface area (Å²) in [5, 5.41) is 3.26. The van der Waals surface area contributed by atoms with Gasteiger partial charge in [-0.05, 0) is 19.1 Å². The smallest absolute Gasteiger partial charge is 0.121 e. The SMILES string of the molecule is Cc1ccc(-c2nc(CN)[nH]c2C2=CC=CC=CN2)cc1. The van der Waals surface area contributed by atoms with Crippen LogP contribution in [0.15, 0.2) is 54.8 Å². The summed E-state index contributed by atoms with van der Waals surface area (Å²) < 4.78 is 0. The second kappa shape index (κ2) is 5.81. The molecule has 0 unspecified atom stereocenters. The molecule has 1 aliphatic rings. The number of nitrogens with zero attached hydrogens (tertiary/aromatic N) is 1. The first-order valence-electron chi connectivity index (χ1n) is 6.94. The zero-order valence-electron chi connectivity index (χ0n) is 11.9. The molecule has 3 rings (SSSR count). The maximum absolute atomic E-state index is 5.73. The van der Waals surface area contributed by atoms with Gasteiger partial charge in [0.1, 0.15) is 5.82 Å². The third-order valence-electron chi connectivity index (χ3n) is 3.36. The van der Waals surface area contributed by atoms with Crippen molar-refractivity contribution >= 4 is 5.70 Å². The Morgan fingerprint density at radius 1 is 1.10 bits per heavy atom. The van der Waals surface area contributed by atoms with Crippen molar-refractivity contribution < 1.29 is 0 Å². The number of aryl methyl sites for hydroxylation is 1. The van der Waals surface area contributed by atoms with Crippen molar-refractivity contribution in [1.29, 1.82) is 0 Å². The summed E-state index contributed by atoms with van der Waals surface area (Å²) in [6.45, 7) is 2.46. The number of H-pyrrole nitrogens is 1. The summed E-state index contributed by atoms with van der Waals surface area (Å²) in [7, 11) is 0. The first-order valence-corrected chi connectivity index (χ1v) is 6.94. The van der Waals surface area contributed by atoms with Gasteiger partial charge in [-0.3, -0.25) is 0 Å². The fourth-order valence-corrected chi connectivity index (χ4v) is 2.25. The third kappa shape index (κ3) is 2.80. The molecule has 0 amide bonds. The van der Waals surface area contributed by atoms with E-state index in [9.17, 15) is 0 Å². The number of aromatic amines is 1. The normalized spacial score (nSPS) is 13.7. The second-order valence-electron chi connectivity index (χ2n) is 4.95. The quantitative estimate of drug-likeness (QED) is 0.808. The number of hydrogen-bond donors (Lipinski definition) is 3. The number of nitrogens with one attached hydrogen (secondary N) is 2. The zero-order valence-corrected chi connectivity index (χ0v) is 11.9. The number of allylic oxidation sites excluding steroid dienone is 4. The van der Waals surface area contributed by atoms with E-state index in [0.717, 1.165) is 28.5 Å². The number of hydrogen-bond acceptors (Lipinski definition) is 3. The van der Waals surface area contributed by atoms with Crippen LogP contribution in [0.5, 0.6) is 0 Å². The van der Waals surface area contributed by atoms with Crippen LogP contribution in [-0.2, 0) is 6.54 Å². The average molecular weight is 278 g/mol. The molecule has 0 saturated carbocycles. The highest BCUT2D eigenvalue weighted by Crippen LogP contribution is 2.26. The van der Waals surface area contributed by atoms with E-state index >= 15 is 0 Å². The van der Waals surface area contributed by atoms with Crippen molar-refractivity contribution in [3.8, 4) is 11.3 Å². The van der Waals surface area contributed by atoms with E-state index < -0.39 is 0 Å². The Morgan fingerprint density at radius 3 is 2.67 bits per heavy atom. The number of imidazole rings is 1. The lowest BCUT2D eigenvalue weighted by molar-refractivity contribution is 0.946. The summed E-state index contributed by atoms with van der Waals surface area (Å²) in [5.41, 5.74) is 10.9. The molecular formula is C17H18N4. The molecule has 0 radical (unpaired) electrons. The Morgan fingerprint density at radius 2 is 1.90 bits per heavy atom. The molecule has 4 nitrogen and oxygen atoms in total. The number of rotatable bonds is 3. The molecule has 0 bridgehead atoms. The lowest BCUT2D eigenvalue weighted by Gasteiger charge is -2.07. The largest absolute Gasteiger partial charge is 0.360 e. The molecule has 1 aromatic carbocycles. The van der Waals surface area contributed by atoms with E-state index in [2.05, 4.69) is 46.5 Å². The summed E-state index contributed by atoms with van der Waals surface area (Å²) in [5.74, 6) is 0.778. The maximum Gasteiger partial charge on any atom is 0.121 e. The van der Waals surface area contributed by atoms with Crippen molar-refractivity contribution in [3.05, 3.63) is 71.9 Å². The van der Waals surface area contributed by atoms with E-state index in [-0.39, 0.29) is 0 Å². The van der Waals surface area contributed by atoms with Gasteiger partial charge in [0.15, 0.2) is 0 Å². The fraction of sp³-hybridized carbons (Fsp3) is 0.118. The first-order chi connectivity index (χ1) is 10.3. The van der Waals surface area contributed by atoms with Crippen molar-refractivity contribution in [2.45, 2.75) is 13.5 Å². The standard InChI is InChI=1S/C17H18N4/c1-12-6-8-13(9-7-12)16-17(21-15(11-18)20-16)14-5-3-2-4-10-19-14/h2-10,19H,11,18H2,1H3,(H,20,21). The van der Waals surface area contributed by atoms with Crippen LogP contribution in [0, 0.1) is 6.92 Å². The van der Waals surface area contributed by atoms with Crippen LogP contribution in [0.1, 0.15) is 17.1 Å². The number of aromatic nitrogens is 2. The van der Waals surface area contributed by atoms with Crippen LogP contribution in [-0.4, -0.2) is 9.97 Å². The molecule has 0 aliphatic carbocycles. The molecule has 21 heavy (non-hydrogen) atoms. The van der Waals surface area contributed by atoms with Gasteiger partial charge in [0.2, 0.25) is 0 Å². The molecule has 4 N–H and O–H groups in total. The minimum atomic E-state index is 0.387. The lowest BCUT2D eigenvalue weighted by atomic mass is 10.1. The number of benzene rings is 1. The predicted octanol–water partition coefficient (Wildman–Crippen LogP) is 2.86. The highest BCUT2D eigenvalue weighted by Gasteiger charge is 2.15. The van der Waals surface area contributed by atoms with Gasteiger partial charge >= 0.3 is 0 Å². The zero-order chi connectivity index (χ0) is 14.7. The highest BCUT2D eigenvalue weighted by atomic mass is 15.0. The van der Waals surface area contributed by atoms with Gasteiger partial charge in [-0.2, -0.15) is 0 Å². The van der Waals surface area contributed by atoms with Gasteiger partial charge in [0.25, 0.3) is 0 Å². The van der Waals surface area contributed by atoms with Crippen LogP contribution < -0.4 is 11.1 Å². The van der Waals surface area contributed by atoms with Gasteiger partial charge in [-0.15, -0.1) is 0 Å². The van der Waals surface area contributed by atoms with Crippen LogP contribution in [0.2, 0.25) is 0 Å². The Balaban J connectivity index is 2.09. The molecular weight excluding hydrogens is 260 g/mol. The first kappa shape index (κ1) is 13.4. The van der Waals surface area contributed by atoms with Crippen LogP contribution in [0.3, 0.4) is 0 Å². The minimum Gasteiger partial charge on any atom is -0.360 e. The Hall–Kier alpha value is -2.59. The predicted molar refractivity (Wildman–Crippen MR) is 86.0 cm³/mol. The summed E-state index contributed by atoms with van der Waals surface area (Å²) in [4.78, 5) is 7.93. The topological polar surface area (TPSA) is 66.7 Å². The summed E-state index contributed by atoms with van der Waals surface area (Å²) in [6.07, 6.45) is 9.84. The molecule has 2 heterocycles. The van der Waals surface area contributed by atoms with Gasteiger partial charge in [0.05, 0.1) is 23.6 Å². The summed E-state index contributed by atoms with van der Waals surface area (Å²) in [6, 6.07) is 8.34. The van der Waals surface area contributed by atoms with Gasteiger partial charge in [0, 0.05) is 11.8 Å². The van der Waals surface area contributed by atoms with Crippen molar-refractivity contribution in [1.82, 2.24) is 15.3 Å². The fourth-order valence-electron chi connectivity index (χ4n) is 2.25. The Bertz CT molecular complexity index is 718. The highest BCUT2D eigenvalue weighted by molar-refractivity contribution is 5.77. The molecule has 0 saturated heterocycles. The van der Waals surface area contributed by atoms with Crippen LogP contribution >= 0.6 is 0 Å². The van der Waals surface area contributed by atoms with Crippen molar-refractivity contribution in [2.75, 3.05) is 0 Å². The molecule has 2 aromatic rings. The van der Waals surface area contributed by atoms with Crippen LogP contribution in [0.25, 0.3) is 17.0 Å². The van der Waals surface area contributed by atoms with E-state index in [1.54, 1.807) is 0 Å². The van der Waals surface area contributed by atoms with Crippen molar-refractivity contribution in [3.63, 3.8) is 0 Å². The van der Waals surface area contributed by atoms with E-state index in [1.165, 1.54) is 5.56 Å². The number of nitrogens with two attached hydrogens (primary N) is 1. The minimum absolute atomic E-state index is 0.387. The molecule has 1 aliphatic heterocycles. The maximum atomic E-state index is 5.73. The van der Waals surface area contributed by atoms with Crippen molar-refractivity contribution in [2.24, 2.45) is 5.73 Å². The monoisotopic (exact) mass is 278 g/mol. The summed E-state index contributed by atoms with van der Waals surface area (Å²) >= 11 is 0. The Kier molecular flexibility index (Phi) is 3.71. The molecule has 0 atom stereocenters. The van der Waals surface area contributed by atoms with Gasteiger partial charge in [-0.1, -0.05) is 42.0 Å². The van der Waals surface area contributed by atoms with Crippen LogP contribution in [0.4, 0.5) is 0 Å². The molecule has 106 valence electrons. The molecule has 0 fully saturated rings. The molecule has 0 spiro atoms. The molecule has 4 heteroatoms. The molecule has 1 aromatic heterocycles. The van der Waals surface area contributed by atoms with E-state index in [0.29, 0.717) is 6.54 Å². The van der Waals surface area contributed by atoms with Gasteiger partial charge < -0.3 is 16.0 Å². The Labute approximate surface area is 124 Å². The van der Waals surface area contributed by atoms with Gasteiger partial charge in [-0.25, -0.2) is 4.98 Å². The lowest BCUT2D eigenvalue weighted by Crippen LogP contribution is -2.05. The average Bonchev–Trinajstić information content (AvgIpc) is 2.75. The third-order valence-corrected chi connectivity index (χ3v) is 3.36. The van der Waals surface area contributed by atoms with E-state index in [1.807, 2.05) is 30.5 Å². The van der Waals surface area contributed by atoms with E-state index in [4.69, 9.17) is 5.73 Å². The second-order valence-corrected chi connectivity index (χ2v) is 4.95.